The molecular weight excluding hydrogens is 228 g/mol. The van der Waals surface area contributed by atoms with Crippen LogP contribution in [0.3, 0.4) is 0 Å². The highest BCUT2D eigenvalue weighted by molar-refractivity contribution is 6.32. The van der Waals surface area contributed by atoms with Crippen molar-refractivity contribution in [3.05, 3.63) is 38.9 Å². The maximum Gasteiger partial charge on any atom is 0.287 e. The van der Waals surface area contributed by atoms with E-state index in [2.05, 4.69) is 5.32 Å². The van der Waals surface area contributed by atoms with E-state index >= 15 is 0 Å². The van der Waals surface area contributed by atoms with Crippen molar-refractivity contribution in [1.82, 2.24) is 5.32 Å². The van der Waals surface area contributed by atoms with E-state index in [1.807, 2.05) is 6.07 Å². The first-order chi connectivity index (χ1) is 7.68. The molecule has 1 aromatic carbocycles. The lowest BCUT2D eigenvalue weighted by molar-refractivity contribution is -0.384. The molecule has 0 aromatic heterocycles. The minimum Gasteiger partial charge on any atom is -0.316 e. The molecule has 1 fully saturated rings. The van der Waals surface area contributed by atoms with E-state index < -0.39 is 4.92 Å². The monoisotopic (exact) mass is 240 g/mol. The average Bonchev–Trinajstić information content (AvgIpc) is 2.29. The summed E-state index contributed by atoms with van der Waals surface area (Å²) in [7, 11) is 0. The van der Waals surface area contributed by atoms with E-state index in [0.29, 0.717) is 5.92 Å². The van der Waals surface area contributed by atoms with E-state index in [0.717, 1.165) is 31.5 Å². The van der Waals surface area contributed by atoms with Crippen LogP contribution in [0.25, 0.3) is 0 Å². The lowest BCUT2D eigenvalue weighted by Crippen LogP contribution is -2.28. The minimum absolute atomic E-state index is 0.0193. The van der Waals surface area contributed by atoms with Gasteiger partial charge in [-0.1, -0.05) is 17.7 Å². The van der Waals surface area contributed by atoms with Gasteiger partial charge in [-0.15, -0.1) is 0 Å². The van der Waals surface area contributed by atoms with Gasteiger partial charge in [0.25, 0.3) is 5.69 Å². The number of hydrogen-bond acceptors (Lipinski definition) is 3. The Morgan fingerprint density at radius 3 is 2.88 bits per heavy atom. The first-order valence-corrected chi connectivity index (χ1v) is 5.71. The molecular formula is C11H13ClN2O2. The summed E-state index contributed by atoms with van der Waals surface area (Å²) in [5.41, 5.74) is 1.07. The summed E-state index contributed by atoms with van der Waals surface area (Å²) in [5.74, 6) is 0.423. The zero-order valence-electron chi connectivity index (χ0n) is 8.78. The first kappa shape index (κ1) is 11.4. The number of benzene rings is 1. The van der Waals surface area contributed by atoms with Crippen molar-refractivity contribution in [2.75, 3.05) is 13.1 Å². The van der Waals surface area contributed by atoms with Crippen molar-refractivity contribution in [1.29, 1.82) is 0 Å². The molecule has 5 heteroatoms. The number of rotatable bonds is 2. The molecule has 16 heavy (non-hydrogen) atoms. The van der Waals surface area contributed by atoms with Crippen LogP contribution in [-0.4, -0.2) is 18.0 Å². The zero-order chi connectivity index (χ0) is 11.5. The third-order valence-corrected chi connectivity index (χ3v) is 3.24. The minimum atomic E-state index is -0.453. The number of halogens is 1. The van der Waals surface area contributed by atoms with Crippen molar-refractivity contribution >= 4 is 17.3 Å². The lowest BCUT2D eigenvalue weighted by Gasteiger charge is -2.23. The van der Waals surface area contributed by atoms with Crippen LogP contribution in [0.15, 0.2) is 18.2 Å². The average molecular weight is 241 g/mol. The topological polar surface area (TPSA) is 55.2 Å². The van der Waals surface area contributed by atoms with Gasteiger partial charge in [0.2, 0.25) is 0 Å². The molecule has 0 bridgehead atoms. The van der Waals surface area contributed by atoms with Crippen LogP contribution in [0.2, 0.25) is 5.02 Å². The molecule has 0 saturated carbocycles. The third kappa shape index (κ3) is 2.33. The van der Waals surface area contributed by atoms with Gasteiger partial charge < -0.3 is 5.32 Å². The third-order valence-electron chi connectivity index (χ3n) is 2.94. The maximum absolute atomic E-state index is 10.6. The second-order valence-corrected chi connectivity index (χ2v) is 4.42. The number of nitrogens with one attached hydrogen (secondary N) is 1. The fourth-order valence-corrected chi connectivity index (χ4v) is 2.32. The van der Waals surface area contributed by atoms with Gasteiger partial charge in [-0.05, 0) is 36.9 Å². The maximum atomic E-state index is 10.6. The van der Waals surface area contributed by atoms with Gasteiger partial charge in [0.15, 0.2) is 0 Å². The SMILES string of the molecule is O=[N+]([O-])c1ccc(C2CCCNC2)cc1Cl. The van der Waals surface area contributed by atoms with Crippen LogP contribution < -0.4 is 5.32 Å². The van der Waals surface area contributed by atoms with E-state index in [1.54, 1.807) is 6.07 Å². The highest BCUT2D eigenvalue weighted by atomic mass is 35.5. The van der Waals surface area contributed by atoms with Gasteiger partial charge in [-0.25, -0.2) is 0 Å². The van der Waals surface area contributed by atoms with Crippen molar-refractivity contribution in [2.45, 2.75) is 18.8 Å². The largest absolute Gasteiger partial charge is 0.316 e. The summed E-state index contributed by atoms with van der Waals surface area (Å²) < 4.78 is 0. The van der Waals surface area contributed by atoms with Crippen molar-refractivity contribution in [3.63, 3.8) is 0 Å². The van der Waals surface area contributed by atoms with Crippen molar-refractivity contribution < 1.29 is 4.92 Å². The number of nitro groups is 1. The van der Waals surface area contributed by atoms with E-state index in [4.69, 9.17) is 11.6 Å². The quantitative estimate of drug-likeness (QED) is 0.639. The molecule has 1 aliphatic heterocycles. The number of hydrogen-bond donors (Lipinski definition) is 1. The van der Waals surface area contributed by atoms with Crippen LogP contribution in [-0.2, 0) is 0 Å². The molecule has 86 valence electrons. The van der Waals surface area contributed by atoms with Crippen LogP contribution in [0.4, 0.5) is 5.69 Å². The van der Waals surface area contributed by atoms with Crippen molar-refractivity contribution in [2.24, 2.45) is 0 Å². The van der Waals surface area contributed by atoms with Gasteiger partial charge in [0.05, 0.1) is 4.92 Å². The molecule has 1 atom stereocenters. The van der Waals surface area contributed by atoms with Crippen molar-refractivity contribution in [3.8, 4) is 0 Å². The second kappa shape index (κ2) is 4.80. The summed E-state index contributed by atoms with van der Waals surface area (Å²) in [6, 6.07) is 5.02. The molecule has 1 unspecified atom stereocenters. The summed E-state index contributed by atoms with van der Waals surface area (Å²) in [6.07, 6.45) is 2.25. The lowest BCUT2D eigenvalue weighted by atomic mass is 9.91. The molecule has 0 amide bonds. The summed E-state index contributed by atoms with van der Waals surface area (Å²) in [5, 5.41) is 14.2. The van der Waals surface area contributed by atoms with E-state index in [9.17, 15) is 10.1 Å². The molecule has 1 heterocycles. The standard InChI is InChI=1S/C11H13ClN2O2/c12-10-6-8(3-4-11(10)14(15)16)9-2-1-5-13-7-9/h3-4,6,9,13H,1-2,5,7H2. The smallest absolute Gasteiger partial charge is 0.287 e. The van der Waals surface area contributed by atoms with Gasteiger partial charge >= 0.3 is 0 Å². The fourth-order valence-electron chi connectivity index (χ4n) is 2.06. The highest BCUT2D eigenvalue weighted by Gasteiger charge is 2.18. The Balaban J connectivity index is 2.23. The molecule has 0 radical (unpaired) electrons. The number of nitrogens with zero attached hydrogens (tertiary/aromatic N) is 1. The predicted molar refractivity (Wildman–Crippen MR) is 63.0 cm³/mol. The van der Waals surface area contributed by atoms with Crippen LogP contribution in [0, 0.1) is 10.1 Å². The van der Waals surface area contributed by atoms with Crippen LogP contribution in [0.1, 0.15) is 24.3 Å². The molecule has 1 aromatic rings. The van der Waals surface area contributed by atoms with Gasteiger partial charge in [0, 0.05) is 12.6 Å². The summed E-state index contributed by atoms with van der Waals surface area (Å²) in [4.78, 5) is 10.2. The van der Waals surface area contributed by atoms with E-state index in [1.165, 1.54) is 6.07 Å². The molecule has 1 saturated heterocycles. The summed E-state index contributed by atoms with van der Waals surface area (Å²) >= 11 is 5.88. The Hall–Kier alpha value is -1.13. The zero-order valence-corrected chi connectivity index (χ0v) is 9.54. The molecule has 4 nitrogen and oxygen atoms in total. The van der Waals surface area contributed by atoms with Crippen LogP contribution >= 0.6 is 11.6 Å². The Bertz CT molecular complexity index is 403. The van der Waals surface area contributed by atoms with Gasteiger partial charge in [-0.2, -0.15) is 0 Å². The van der Waals surface area contributed by atoms with Gasteiger partial charge in [-0.3, -0.25) is 10.1 Å². The predicted octanol–water partition coefficient (Wildman–Crippen LogP) is 2.72. The second-order valence-electron chi connectivity index (χ2n) is 4.01. The number of nitro benzene ring substituents is 1. The van der Waals surface area contributed by atoms with Gasteiger partial charge in [0.1, 0.15) is 5.02 Å². The molecule has 0 spiro atoms. The normalized spacial score (nSPS) is 20.7. The Morgan fingerprint density at radius 2 is 2.31 bits per heavy atom. The van der Waals surface area contributed by atoms with Crippen LogP contribution in [0.5, 0.6) is 0 Å². The summed E-state index contributed by atoms with van der Waals surface area (Å²) in [6.45, 7) is 1.98. The Kier molecular flexibility index (Phi) is 3.41. The Morgan fingerprint density at radius 1 is 1.50 bits per heavy atom. The van der Waals surface area contributed by atoms with E-state index in [-0.39, 0.29) is 10.7 Å². The Labute approximate surface area is 98.8 Å². The fraction of sp³-hybridized carbons (Fsp3) is 0.455. The molecule has 1 aliphatic rings. The highest BCUT2D eigenvalue weighted by Crippen LogP contribution is 2.30. The molecule has 1 N–H and O–H groups in total. The first-order valence-electron chi connectivity index (χ1n) is 5.33. The molecule has 2 rings (SSSR count). The molecule has 0 aliphatic carbocycles. The number of piperidine rings is 1.